The molecule has 158 valence electrons. The standard InChI is InChI=1S/C23H25N7O/c1-16-4-7-19(8-5-16)22-29-20(15-31-22)14-28-23(24-3)27-13-18-6-9-21(26-12-18)30-11-10-25-17(30)2/h4-12,15H,13-14H2,1-3H3,(H2,24,27,28). The number of imidazole rings is 1. The number of nitrogens with one attached hydrogen (secondary N) is 2. The molecule has 0 aliphatic rings. The van der Waals surface area contributed by atoms with Crippen LogP contribution in [0.15, 0.2) is 70.7 Å². The van der Waals surface area contributed by atoms with Gasteiger partial charge in [0.1, 0.15) is 17.9 Å². The summed E-state index contributed by atoms with van der Waals surface area (Å²) in [6, 6.07) is 12.1. The minimum absolute atomic E-state index is 0.506. The van der Waals surface area contributed by atoms with E-state index < -0.39 is 0 Å². The second kappa shape index (κ2) is 9.25. The SMILES string of the molecule is CN=C(NCc1ccc(-n2ccnc2C)nc1)NCc1coc(-c2ccc(C)cc2)n1. The fourth-order valence-corrected chi connectivity index (χ4v) is 3.08. The Kier molecular flexibility index (Phi) is 6.07. The van der Waals surface area contributed by atoms with E-state index in [1.54, 1.807) is 19.5 Å². The maximum Gasteiger partial charge on any atom is 0.226 e. The van der Waals surface area contributed by atoms with Gasteiger partial charge in [-0.25, -0.2) is 15.0 Å². The predicted molar refractivity (Wildman–Crippen MR) is 120 cm³/mol. The molecular weight excluding hydrogens is 390 g/mol. The van der Waals surface area contributed by atoms with Crippen LogP contribution in [0.4, 0.5) is 0 Å². The molecule has 0 fully saturated rings. The second-order valence-corrected chi connectivity index (χ2v) is 7.16. The quantitative estimate of drug-likeness (QED) is 0.370. The van der Waals surface area contributed by atoms with Crippen LogP contribution >= 0.6 is 0 Å². The maximum atomic E-state index is 5.61. The summed E-state index contributed by atoms with van der Waals surface area (Å²) < 4.78 is 7.55. The van der Waals surface area contributed by atoms with Gasteiger partial charge >= 0.3 is 0 Å². The van der Waals surface area contributed by atoms with E-state index >= 15 is 0 Å². The fourth-order valence-electron chi connectivity index (χ4n) is 3.08. The highest BCUT2D eigenvalue weighted by Crippen LogP contribution is 2.19. The van der Waals surface area contributed by atoms with Crippen molar-refractivity contribution < 1.29 is 4.42 Å². The zero-order valence-corrected chi connectivity index (χ0v) is 17.8. The zero-order valence-electron chi connectivity index (χ0n) is 17.8. The Labute approximate surface area is 181 Å². The summed E-state index contributed by atoms with van der Waals surface area (Å²) in [5.41, 5.74) is 4.02. The van der Waals surface area contributed by atoms with Crippen molar-refractivity contribution in [3.63, 3.8) is 0 Å². The Bertz CT molecular complexity index is 1160. The number of rotatable bonds is 6. The normalized spacial score (nSPS) is 11.5. The summed E-state index contributed by atoms with van der Waals surface area (Å²) in [7, 11) is 1.74. The molecule has 8 nitrogen and oxygen atoms in total. The zero-order chi connectivity index (χ0) is 21.6. The van der Waals surface area contributed by atoms with Crippen LogP contribution in [0.25, 0.3) is 17.3 Å². The number of guanidine groups is 1. The third-order valence-corrected chi connectivity index (χ3v) is 4.85. The first-order valence-electron chi connectivity index (χ1n) is 10.0. The van der Waals surface area contributed by atoms with Gasteiger partial charge < -0.3 is 15.1 Å². The molecule has 0 aliphatic heterocycles. The summed E-state index contributed by atoms with van der Waals surface area (Å²) in [5, 5.41) is 6.54. The molecule has 2 N–H and O–H groups in total. The lowest BCUT2D eigenvalue weighted by atomic mass is 10.1. The monoisotopic (exact) mass is 415 g/mol. The van der Waals surface area contributed by atoms with Gasteiger partial charge in [-0.2, -0.15) is 0 Å². The van der Waals surface area contributed by atoms with Crippen molar-refractivity contribution in [1.29, 1.82) is 0 Å². The molecule has 0 bridgehead atoms. The molecule has 0 aliphatic carbocycles. The van der Waals surface area contributed by atoms with Crippen molar-refractivity contribution in [2.24, 2.45) is 4.99 Å². The van der Waals surface area contributed by atoms with Crippen molar-refractivity contribution in [3.05, 3.63) is 83.9 Å². The second-order valence-electron chi connectivity index (χ2n) is 7.16. The Balaban J connectivity index is 1.30. The summed E-state index contributed by atoms with van der Waals surface area (Å²) >= 11 is 0. The number of aryl methyl sites for hydroxylation is 2. The maximum absolute atomic E-state index is 5.61. The fraction of sp³-hybridized carbons (Fsp3) is 0.217. The molecule has 1 aromatic carbocycles. The molecular formula is C23H25N7O. The molecule has 0 saturated carbocycles. The van der Waals surface area contributed by atoms with E-state index in [1.807, 2.05) is 60.3 Å². The van der Waals surface area contributed by atoms with Crippen molar-refractivity contribution in [1.82, 2.24) is 30.2 Å². The van der Waals surface area contributed by atoms with Gasteiger partial charge in [-0.3, -0.25) is 9.56 Å². The van der Waals surface area contributed by atoms with Gasteiger partial charge in [0.2, 0.25) is 5.89 Å². The summed E-state index contributed by atoms with van der Waals surface area (Å²) in [5.74, 6) is 3.03. The smallest absolute Gasteiger partial charge is 0.226 e. The van der Waals surface area contributed by atoms with E-state index in [4.69, 9.17) is 4.42 Å². The van der Waals surface area contributed by atoms with Crippen LogP contribution in [0.1, 0.15) is 22.6 Å². The van der Waals surface area contributed by atoms with E-state index in [-0.39, 0.29) is 0 Å². The highest BCUT2D eigenvalue weighted by Gasteiger charge is 2.08. The van der Waals surface area contributed by atoms with Crippen molar-refractivity contribution >= 4 is 5.96 Å². The third kappa shape index (κ3) is 4.98. The van der Waals surface area contributed by atoms with Crippen LogP contribution in [-0.2, 0) is 13.1 Å². The van der Waals surface area contributed by atoms with Gasteiger partial charge in [-0.05, 0) is 37.6 Å². The van der Waals surface area contributed by atoms with E-state index in [1.165, 1.54) is 5.56 Å². The number of oxazole rings is 1. The van der Waals surface area contributed by atoms with Gasteiger partial charge in [0, 0.05) is 37.7 Å². The van der Waals surface area contributed by atoms with Crippen LogP contribution < -0.4 is 10.6 Å². The minimum Gasteiger partial charge on any atom is -0.444 e. The Hall–Kier alpha value is -3.94. The summed E-state index contributed by atoms with van der Waals surface area (Å²) in [6.45, 7) is 5.11. The van der Waals surface area contributed by atoms with Crippen LogP contribution in [0.3, 0.4) is 0 Å². The summed E-state index contributed by atoms with van der Waals surface area (Å²) in [4.78, 5) is 17.6. The van der Waals surface area contributed by atoms with E-state index in [0.717, 1.165) is 28.5 Å². The van der Waals surface area contributed by atoms with Crippen molar-refractivity contribution in [3.8, 4) is 17.3 Å². The predicted octanol–water partition coefficient (Wildman–Crippen LogP) is 3.40. The number of pyridine rings is 1. The molecule has 0 spiro atoms. The largest absolute Gasteiger partial charge is 0.444 e. The Morgan fingerprint density at radius 3 is 2.52 bits per heavy atom. The number of benzene rings is 1. The first-order chi connectivity index (χ1) is 15.1. The average molecular weight is 416 g/mol. The minimum atomic E-state index is 0.506. The number of hydrogen-bond acceptors (Lipinski definition) is 5. The molecule has 0 amide bonds. The van der Waals surface area contributed by atoms with Crippen LogP contribution in [0.2, 0.25) is 0 Å². The lowest BCUT2D eigenvalue weighted by molar-refractivity contribution is 0.572. The van der Waals surface area contributed by atoms with Gasteiger partial charge in [0.05, 0.1) is 12.2 Å². The van der Waals surface area contributed by atoms with Crippen LogP contribution in [-0.4, -0.2) is 32.5 Å². The molecule has 0 saturated heterocycles. The van der Waals surface area contributed by atoms with Crippen molar-refractivity contribution in [2.45, 2.75) is 26.9 Å². The molecule has 3 aromatic heterocycles. The highest BCUT2D eigenvalue weighted by molar-refractivity contribution is 5.79. The molecule has 3 heterocycles. The molecule has 4 aromatic rings. The lowest BCUT2D eigenvalue weighted by Gasteiger charge is -2.11. The molecule has 4 rings (SSSR count). The van der Waals surface area contributed by atoms with Gasteiger partial charge in [0.25, 0.3) is 0 Å². The molecule has 8 heteroatoms. The van der Waals surface area contributed by atoms with E-state index in [0.29, 0.717) is 24.9 Å². The molecule has 0 unspecified atom stereocenters. The van der Waals surface area contributed by atoms with Gasteiger partial charge in [-0.15, -0.1) is 0 Å². The molecule has 0 radical (unpaired) electrons. The first-order valence-corrected chi connectivity index (χ1v) is 10.0. The van der Waals surface area contributed by atoms with Crippen molar-refractivity contribution in [2.75, 3.05) is 7.05 Å². The van der Waals surface area contributed by atoms with Gasteiger partial charge in [0.15, 0.2) is 5.96 Å². The topological polar surface area (TPSA) is 93.2 Å². The number of hydrogen-bond donors (Lipinski definition) is 2. The summed E-state index contributed by atoms with van der Waals surface area (Å²) in [6.07, 6.45) is 7.17. The van der Waals surface area contributed by atoms with Gasteiger partial charge in [-0.1, -0.05) is 23.8 Å². The Morgan fingerprint density at radius 1 is 1.03 bits per heavy atom. The number of aliphatic imine (C=N–C) groups is 1. The first kappa shape index (κ1) is 20.3. The average Bonchev–Trinajstić information content (AvgIpc) is 3.44. The molecule has 31 heavy (non-hydrogen) atoms. The number of aromatic nitrogens is 4. The van der Waals surface area contributed by atoms with Crippen LogP contribution in [0.5, 0.6) is 0 Å². The lowest BCUT2D eigenvalue weighted by Crippen LogP contribution is -2.36. The Morgan fingerprint density at radius 2 is 1.84 bits per heavy atom. The third-order valence-electron chi connectivity index (χ3n) is 4.85. The van der Waals surface area contributed by atoms with Crippen LogP contribution in [0, 0.1) is 13.8 Å². The highest BCUT2D eigenvalue weighted by atomic mass is 16.3. The van der Waals surface area contributed by atoms with E-state index in [9.17, 15) is 0 Å². The molecule has 0 atom stereocenters. The van der Waals surface area contributed by atoms with E-state index in [2.05, 4.69) is 37.5 Å². The number of nitrogens with zero attached hydrogens (tertiary/aromatic N) is 5.